The summed E-state index contributed by atoms with van der Waals surface area (Å²) < 4.78 is 5.37. The number of benzene rings is 2. The first kappa shape index (κ1) is 35.6. The molecule has 0 bridgehead atoms. The first-order valence-electron chi connectivity index (χ1n) is 14.9. The topological polar surface area (TPSA) is 131 Å². The molecule has 10 heteroatoms. The number of unbranched alkanes of at least 4 members (excludes halogenated alkanes) is 4. The lowest BCUT2D eigenvalue weighted by Crippen LogP contribution is -2.53. The van der Waals surface area contributed by atoms with Crippen LogP contribution >= 0.6 is 11.6 Å². The summed E-state index contributed by atoms with van der Waals surface area (Å²) in [4.78, 5) is 54.9. The number of carbonyl (C=O) groups is 4. The average molecular weight is 615 g/mol. The number of nitrogens with one attached hydrogen (secondary N) is 2. The molecule has 2 aromatic rings. The fourth-order valence-electron chi connectivity index (χ4n) is 4.79. The molecule has 0 aromatic heterocycles. The summed E-state index contributed by atoms with van der Waals surface area (Å²) in [7, 11) is 0. The fourth-order valence-corrected chi connectivity index (χ4v) is 5.06. The molecule has 2 atom stereocenters. The molecule has 0 heterocycles. The number of aryl methyl sites for hydroxylation is 3. The van der Waals surface area contributed by atoms with E-state index in [0.29, 0.717) is 22.7 Å². The van der Waals surface area contributed by atoms with E-state index in [0.717, 1.165) is 42.4 Å². The van der Waals surface area contributed by atoms with Crippen molar-refractivity contribution in [1.29, 1.82) is 0 Å². The molecule has 0 aliphatic carbocycles. The minimum atomic E-state index is -1.34. The number of hydrogen-bond acceptors (Lipinski definition) is 5. The number of rotatable bonds is 14. The van der Waals surface area contributed by atoms with Gasteiger partial charge in [-0.25, -0.2) is 4.79 Å². The summed E-state index contributed by atoms with van der Waals surface area (Å²) in [6.45, 7) is 13.0. The van der Waals surface area contributed by atoms with Gasteiger partial charge in [-0.15, -0.1) is 0 Å². The van der Waals surface area contributed by atoms with Crippen LogP contribution in [0.15, 0.2) is 36.4 Å². The lowest BCUT2D eigenvalue weighted by molar-refractivity contribution is -0.142. The number of ether oxygens (including phenoxy) is 1. The van der Waals surface area contributed by atoms with Crippen LogP contribution in [0.4, 0.5) is 10.5 Å². The van der Waals surface area contributed by atoms with E-state index in [1.54, 1.807) is 32.9 Å². The van der Waals surface area contributed by atoms with Crippen molar-refractivity contribution in [2.24, 2.45) is 5.73 Å². The Morgan fingerprint density at radius 3 is 2.26 bits per heavy atom. The molecular formula is C33H47ClN4O5. The Labute approximate surface area is 260 Å². The van der Waals surface area contributed by atoms with Gasteiger partial charge in [0.1, 0.15) is 17.7 Å². The zero-order valence-electron chi connectivity index (χ0n) is 26.5. The Kier molecular flexibility index (Phi) is 13.5. The van der Waals surface area contributed by atoms with E-state index in [1.165, 1.54) is 4.90 Å². The fraction of sp³-hybridized carbons (Fsp3) is 0.515. The number of anilines is 1. The molecule has 0 spiro atoms. The molecule has 2 rings (SSSR count). The predicted octanol–water partition coefficient (Wildman–Crippen LogP) is 6.51. The molecule has 0 saturated heterocycles. The summed E-state index contributed by atoms with van der Waals surface area (Å²) in [6, 6.07) is 8.58. The van der Waals surface area contributed by atoms with Crippen molar-refractivity contribution in [3.63, 3.8) is 0 Å². The summed E-state index contributed by atoms with van der Waals surface area (Å²) >= 11 is 6.46. The molecule has 0 radical (unpaired) electrons. The number of hydrogen-bond donors (Lipinski definition) is 3. The van der Waals surface area contributed by atoms with E-state index in [1.807, 2.05) is 45.0 Å². The lowest BCUT2D eigenvalue weighted by Gasteiger charge is -2.35. The highest BCUT2D eigenvalue weighted by atomic mass is 35.5. The first-order chi connectivity index (χ1) is 20.1. The standard InChI is InChI=1S/C33H47ClN4O5/c1-8-9-10-11-12-18-38(31(41)26(20-27(35)39)36-32(42)43-33(5,6)7)29(24-19-21(2)16-17-22(24)3)30(40)37-28-23(4)14-13-15-25(28)34/h13-17,19,26,29H,8-12,18,20H2,1-7H3,(H2,35,39)(H,36,42)(H,37,40). The minimum Gasteiger partial charge on any atom is -0.444 e. The van der Waals surface area contributed by atoms with Crippen molar-refractivity contribution in [2.75, 3.05) is 11.9 Å². The third-order valence-electron chi connectivity index (χ3n) is 6.94. The number of para-hydroxylation sites is 1. The van der Waals surface area contributed by atoms with Crippen LogP contribution in [0, 0.1) is 20.8 Å². The van der Waals surface area contributed by atoms with Crippen molar-refractivity contribution >= 4 is 41.1 Å². The summed E-state index contributed by atoms with van der Waals surface area (Å²) in [5, 5.41) is 5.85. The Bertz CT molecular complexity index is 1270. The van der Waals surface area contributed by atoms with Gasteiger partial charge in [-0.2, -0.15) is 0 Å². The van der Waals surface area contributed by atoms with Gasteiger partial charge in [-0.1, -0.05) is 80.1 Å². The molecule has 4 N–H and O–H groups in total. The highest BCUT2D eigenvalue weighted by Gasteiger charge is 2.37. The van der Waals surface area contributed by atoms with Crippen molar-refractivity contribution in [2.45, 2.75) is 105 Å². The van der Waals surface area contributed by atoms with Crippen LogP contribution in [0.1, 0.15) is 94.5 Å². The second-order valence-corrected chi connectivity index (χ2v) is 12.4. The van der Waals surface area contributed by atoms with Crippen LogP contribution in [0.5, 0.6) is 0 Å². The second-order valence-electron chi connectivity index (χ2n) is 12.0. The highest BCUT2D eigenvalue weighted by molar-refractivity contribution is 6.34. The van der Waals surface area contributed by atoms with Crippen LogP contribution in [0.2, 0.25) is 5.02 Å². The Balaban J connectivity index is 2.64. The molecule has 2 aromatic carbocycles. The molecule has 236 valence electrons. The number of nitrogens with two attached hydrogens (primary N) is 1. The van der Waals surface area contributed by atoms with Crippen LogP contribution in [0.3, 0.4) is 0 Å². The molecule has 0 aliphatic heterocycles. The average Bonchev–Trinajstić information content (AvgIpc) is 2.89. The molecule has 0 saturated carbocycles. The minimum absolute atomic E-state index is 0.209. The maximum absolute atomic E-state index is 14.3. The molecule has 9 nitrogen and oxygen atoms in total. The third-order valence-corrected chi connectivity index (χ3v) is 7.25. The van der Waals surface area contributed by atoms with Gasteiger partial charge in [0.2, 0.25) is 11.8 Å². The SMILES string of the molecule is CCCCCCCN(C(=O)C(CC(N)=O)NC(=O)OC(C)(C)C)C(C(=O)Nc1c(C)cccc1Cl)c1cc(C)ccc1C. The van der Waals surface area contributed by atoms with E-state index in [9.17, 15) is 19.2 Å². The number of carbonyl (C=O) groups excluding carboxylic acids is 4. The number of primary amides is 1. The smallest absolute Gasteiger partial charge is 0.408 e. The zero-order chi connectivity index (χ0) is 32.3. The van der Waals surface area contributed by atoms with Gasteiger partial charge in [0.15, 0.2) is 0 Å². The highest BCUT2D eigenvalue weighted by Crippen LogP contribution is 2.31. The zero-order valence-corrected chi connectivity index (χ0v) is 27.3. The largest absolute Gasteiger partial charge is 0.444 e. The Morgan fingerprint density at radius 1 is 0.977 bits per heavy atom. The van der Waals surface area contributed by atoms with E-state index in [4.69, 9.17) is 22.1 Å². The number of nitrogens with zero attached hydrogens (tertiary/aromatic N) is 1. The molecule has 0 aliphatic rings. The second kappa shape index (κ2) is 16.3. The van der Waals surface area contributed by atoms with Crippen molar-refractivity contribution in [3.05, 3.63) is 63.7 Å². The van der Waals surface area contributed by atoms with Gasteiger partial charge in [0.05, 0.1) is 17.1 Å². The van der Waals surface area contributed by atoms with Crippen molar-refractivity contribution < 1.29 is 23.9 Å². The summed E-state index contributed by atoms with van der Waals surface area (Å²) in [5.74, 6) is -1.87. The van der Waals surface area contributed by atoms with Gasteiger partial charge in [-0.05, 0) is 70.7 Å². The Morgan fingerprint density at radius 2 is 1.65 bits per heavy atom. The van der Waals surface area contributed by atoms with Gasteiger partial charge in [-0.3, -0.25) is 14.4 Å². The van der Waals surface area contributed by atoms with E-state index < -0.39 is 47.9 Å². The molecule has 43 heavy (non-hydrogen) atoms. The number of amides is 4. The molecule has 4 amide bonds. The van der Waals surface area contributed by atoms with Crippen LogP contribution in [-0.4, -0.2) is 46.9 Å². The van der Waals surface area contributed by atoms with Crippen LogP contribution in [0.25, 0.3) is 0 Å². The number of alkyl carbamates (subject to hydrolysis) is 1. The Hall–Kier alpha value is -3.59. The third kappa shape index (κ3) is 11.2. The normalized spacial score (nSPS) is 12.7. The lowest BCUT2D eigenvalue weighted by atomic mass is 9.95. The maximum atomic E-state index is 14.3. The number of halogens is 1. The van der Waals surface area contributed by atoms with Gasteiger partial charge in [0, 0.05) is 6.54 Å². The van der Waals surface area contributed by atoms with Crippen molar-refractivity contribution in [1.82, 2.24) is 10.2 Å². The van der Waals surface area contributed by atoms with Crippen LogP contribution in [-0.2, 0) is 19.1 Å². The molecule has 2 unspecified atom stereocenters. The maximum Gasteiger partial charge on any atom is 0.408 e. The summed E-state index contributed by atoms with van der Waals surface area (Å²) in [5.41, 5.74) is 8.22. The van der Waals surface area contributed by atoms with E-state index in [2.05, 4.69) is 17.6 Å². The summed E-state index contributed by atoms with van der Waals surface area (Å²) in [6.07, 6.45) is 3.19. The predicted molar refractivity (Wildman–Crippen MR) is 171 cm³/mol. The van der Waals surface area contributed by atoms with Gasteiger partial charge >= 0.3 is 6.09 Å². The van der Waals surface area contributed by atoms with Gasteiger partial charge < -0.3 is 26.0 Å². The van der Waals surface area contributed by atoms with E-state index >= 15 is 0 Å². The first-order valence-corrected chi connectivity index (χ1v) is 15.2. The quantitative estimate of drug-likeness (QED) is 0.209. The molecular weight excluding hydrogens is 568 g/mol. The van der Waals surface area contributed by atoms with Crippen LogP contribution < -0.4 is 16.4 Å². The molecule has 0 fully saturated rings. The van der Waals surface area contributed by atoms with Gasteiger partial charge in [0.25, 0.3) is 5.91 Å². The van der Waals surface area contributed by atoms with Crippen molar-refractivity contribution in [3.8, 4) is 0 Å². The monoisotopic (exact) mass is 614 g/mol. The van der Waals surface area contributed by atoms with E-state index in [-0.39, 0.29) is 6.54 Å².